The highest BCUT2D eigenvalue weighted by molar-refractivity contribution is 5.78. The number of aryl methyl sites for hydroxylation is 2. The first-order chi connectivity index (χ1) is 10.6. The van der Waals surface area contributed by atoms with Gasteiger partial charge in [0.15, 0.2) is 0 Å². The Morgan fingerprint density at radius 3 is 2.14 bits per heavy atom. The maximum Gasteiger partial charge on any atom is 0.307 e. The highest BCUT2D eigenvalue weighted by Gasteiger charge is 2.05. The van der Waals surface area contributed by atoms with Crippen LogP contribution in [0.2, 0.25) is 0 Å². The number of aliphatic carboxylic acids is 1. The molecule has 0 aliphatic rings. The van der Waals surface area contributed by atoms with Crippen LogP contribution in [0.25, 0.3) is 0 Å². The standard InChI is InChI=1S/C18H19NO3/c20-17(10-8-16-2-1-11-19-13-16)9-7-14-3-5-15(6-4-14)12-18(21)22/h1-6,11,13H,7-10,12H2,(H,21,22). The molecule has 0 aliphatic carbocycles. The quantitative estimate of drug-likeness (QED) is 0.813. The normalized spacial score (nSPS) is 10.4. The van der Waals surface area contributed by atoms with Crippen LogP contribution in [0.5, 0.6) is 0 Å². The molecule has 4 nitrogen and oxygen atoms in total. The third kappa shape index (κ3) is 5.48. The van der Waals surface area contributed by atoms with Gasteiger partial charge in [0, 0.05) is 25.2 Å². The summed E-state index contributed by atoms with van der Waals surface area (Å²) in [6, 6.07) is 11.3. The van der Waals surface area contributed by atoms with Crippen LogP contribution in [0.4, 0.5) is 0 Å². The lowest BCUT2D eigenvalue weighted by molar-refractivity contribution is -0.136. The van der Waals surface area contributed by atoms with Crippen LogP contribution < -0.4 is 0 Å². The molecular weight excluding hydrogens is 278 g/mol. The van der Waals surface area contributed by atoms with E-state index in [2.05, 4.69) is 4.98 Å². The number of carboxylic acids is 1. The molecule has 0 aliphatic heterocycles. The van der Waals surface area contributed by atoms with Gasteiger partial charge in [-0.15, -0.1) is 0 Å². The van der Waals surface area contributed by atoms with Gasteiger partial charge < -0.3 is 5.11 Å². The van der Waals surface area contributed by atoms with Gasteiger partial charge in [-0.25, -0.2) is 0 Å². The second-order valence-electron chi connectivity index (χ2n) is 5.29. The van der Waals surface area contributed by atoms with Crippen molar-refractivity contribution in [3.63, 3.8) is 0 Å². The largest absolute Gasteiger partial charge is 0.481 e. The second-order valence-corrected chi connectivity index (χ2v) is 5.29. The van der Waals surface area contributed by atoms with Crippen molar-refractivity contribution in [1.82, 2.24) is 4.98 Å². The predicted octanol–water partition coefficient (Wildman–Crippen LogP) is 2.84. The number of nitrogens with zero attached hydrogens (tertiary/aromatic N) is 1. The van der Waals surface area contributed by atoms with E-state index < -0.39 is 5.97 Å². The number of ketones is 1. The summed E-state index contributed by atoms with van der Waals surface area (Å²) in [4.78, 5) is 26.5. The average Bonchev–Trinajstić information content (AvgIpc) is 2.53. The second kappa shape index (κ2) is 8.08. The minimum Gasteiger partial charge on any atom is -0.481 e. The van der Waals surface area contributed by atoms with Crippen molar-refractivity contribution in [3.05, 3.63) is 65.5 Å². The summed E-state index contributed by atoms with van der Waals surface area (Å²) in [7, 11) is 0. The van der Waals surface area contributed by atoms with Crippen LogP contribution >= 0.6 is 0 Å². The minimum absolute atomic E-state index is 0.0321. The van der Waals surface area contributed by atoms with E-state index in [0.717, 1.165) is 23.1 Å². The molecule has 0 bridgehead atoms. The van der Waals surface area contributed by atoms with Gasteiger partial charge in [-0.05, 0) is 35.6 Å². The molecule has 22 heavy (non-hydrogen) atoms. The molecular formula is C18H19NO3. The van der Waals surface area contributed by atoms with Crippen LogP contribution in [0.3, 0.4) is 0 Å². The molecule has 1 aromatic heterocycles. The molecule has 114 valence electrons. The zero-order valence-electron chi connectivity index (χ0n) is 12.4. The van der Waals surface area contributed by atoms with Crippen molar-refractivity contribution in [2.75, 3.05) is 0 Å². The highest BCUT2D eigenvalue weighted by atomic mass is 16.4. The van der Waals surface area contributed by atoms with E-state index in [1.54, 1.807) is 12.4 Å². The Hall–Kier alpha value is -2.49. The first-order valence-electron chi connectivity index (χ1n) is 7.33. The minimum atomic E-state index is -0.835. The predicted molar refractivity (Wildman–Crippen MR) is 83.7 cm³/mol. The van der Waals surface area contributed by atoms with Crippen LogP contribution in [-0.2, 0) is 28.9 Å². The zero-order chi connectivity index (χ0) is 15.8. The first kappa shape index (κ1) is 15.9. The zero-order valence-corrected chi connectivity index (χ0v) is 12.4. The molecule has 0 saturated heterocycles. The molecule has 0 atom stereocenters. The molecule has 0 spiro atoms. The Bertz CT molecular complexity index is 621. The Balaban J connectivity index is 1.75. The molecule has 2 rings (SSSR count). The van der Waals surface area contributed by atoms with Crippen molar-refractivity contribution in [2.24, 2.45) is 0 Å². The van der Waals surface area contributed by atoms with E-state index in [0.29, 0.717) is 19.3 Å². The fourth-order valence-electron chi connectivity index (χ4n) is 2.24. The first-order valence-corrected chi connectivity index (χ1v) is 7.33. The smallest absolute Gasteiger partial charge is 0.307 e. The number of Topliss-reactive ketones (excluding diaryl/α,β-unsaturated/α-hetero) is 1. The Kier molecular flexibility index (Phi) is 5.83. The molecule has 1 heterocycles. The molecule has 0 amide bonds. The van der Waals surface area contributed by atoms with Gasteiger partial charge in [0.2, 0.25) is 0 Å². The highest BCUT2D eigenvalue weighted by Crippen LogP contribution is 2.09. The number of carbonyl (C=O) groups excluding carboxylic acids is 1. The average molecular weight is 297 g/mol. The summed E-state index contributed by atoms with van der Waals surface area (Å²) in [5.41, 5.74) is 2.91. The van der Waals surface area contributed by atoms with Crippen molar-refractivity contribution in [2.45, 2.75) is 32.1 Å². The van der Waals surface area contributed by atoms with Crippen LogP contribution in [0.15, 0.2) is 48.8 Å². The molecule has 0 saturated carbocycles. The number of rotatable bonds is 8. The van der Waals surface area contributed by atoms with Crippen LogP contribution in [0, 0.1) is 0 Å². The summed E-state index contributed by atoms with van der Waals surface area (Å²) >= 11 is 0. The molecule has 4 heteroatoms. The number of carbonyl (C=O) groups is 2. The van der Waals surface area contributed by atoms with E-state index >= 15 is 0 Å². The van der Waals surface area contributed by atoms with Gasteiger partial charge in [0.05, 0.1) is 6.42 Å². The maximum absolute atomic E-state index is 11.9. The monoisotopic (exact) mass is 297 g/mol. The van der Waals surface area contributed by atoms with Gasteiger partial charge in [0.25, 0.3) is 0 Å². The summed E-state index contributed by atoms with van der Waals surface area (Å²) in [5.74, 6) is -0.600. The Labute approximate surface area is 129 Å². The topological polar surface area (TPSA) is 67.3 Å². The van der Waals surface area contributed by atoms with Gasteiger partial charge in [-0.3, -0.25) is 14.6 Å². The lowest BCUT2D eigenvalue weighted by Gasteiger charge is -2.03. The van der Waals surface area contributed by atoms with Gasteiger partial charge in [0.1, 0.15) is 5.78 Å². The number of benzene rings is 1. The number of hydrogen-bond acceptors (Lipinski definition) is 3. The molecule has 0 radical (unpaired) electrons. The van der Waals surface area contributed by atoms with E-state index in [1.807, 2.05) is 36.4 Å². The third-order valence-electron chi connectivity index (χ3n) is 3.49. The number of aromatic nitrogens is 1. The van der Waals surface area contributed by atoms with Gasteiger partial charge in [-0.1, -0.05) is 30.3 Å². The molecule has 0 fully saturated rings. The van der Waals surface area contributed by atoms with Crippen molar-refractivity contribution >= 4 is 11.8 Å². The van der Waals surface area contributed by atoms with Crippen molar-refractivity contribution < 1.29 is 14.7 Å². The lowest BCUT2D eigenvalue weighted by atomic mass is 10.0. The van der Waals surface area contributed by atoms with E-state index in [-0.39, 0.29) is 12.2 Å². The lowest BCUT2D eigenvalue weighted by Crippen LogP contribution is -2.03. The SMILES string of the molecule is O=C(O)Cc1ccc(CCC(=O)CCc2cccnc2)cc1. The number of carboxylic acid groups (broad SMARTS) is 1. The molecule has 0 unspecified atom stereocenters. The van der Waals surface area contributed by atoms with Gasteiger partial charge in [-0.2, -0.15) is 0 Å². The molecule has 1 aromatic carbocycles. The summed E-state index contributed by atoms with van der Waals surface area (Å²) in [6.07, 6.45) is 6.00. The fourth-order valence-corrected chi connectivity index (χ4v) is 2.24. The number of hydrogen-bond donors (Lipinski definition) is 1. The summed E-state index contributed by atoms with van der Waals surface area (Å²) in [6.45, 7) is 0. The van der Waals surface area contributed by atoms with Crippen molar-refractivity contribution in [1.29, 1.82) is 0 Å². The fraction of sp³-hybridized carbons (Fsp3) is 0.278. The Morgan fingerprint density at radius 2 is 1.55 bits per heavy atom. The summed E-state index contributed by atoms with van der Waals surface area (Å²) < 4.78 is 0. The third-order valence-corrected chi connectivity index (χ3v) is 3.49. The van der Waals surface area contributed by atoms with Crippen LogP contribution in [0.1, 0.15) is 29.5 Å². The van der Waals surface area contributed by atoms with Crippen molar-refractivity contribution in [3.8, 4) is 0 Å². The van der Waals surface area contributed by atoms with E-state index in [9.17, 15) is 9.59 Å². The van der Waals surface area contributed by atoms with Crippen LogP contribution in [-0.4, -0.2) is 21.8 Å². The molecule has 2 aromatic rings. The Morgan fingerprint density at radius 1 is 0.909 bits per heavy atom. The van der Waals surface area contributed by atoms with E-state index in [4.69, 9.17) is 5.11 Å². The number of pyridine rings is 1. The van der Waals surface area contributed by atoms with Gasteiger partial charge >= 0.3 is 5.97 Å². The van der Waals surface area contributed by atoms with E-state index in [1.165, 1.54) is 0 Å². The molecule has 1 N–H and O–H groups in total. The maximum atomic E-state index is 11.9. The summed E-state index contributed by atoms with van der Waals surface area (Å²) in [5, 5.41) is 8.72.